The molecule has 0 aliphatic heterocycles. The smallest absolute Gasteiger partial charge is 0.203 e. The third kappa shape index (κ3) is 5.94. The Balaban J connectivity index is 1.60. The second-order valence-corrected chi connectivity index (χ2v) is 7.02. The Bertz CT molecular complexity index is 976. The lowest BCUT2D eigenvalue weighted by Gasteiger charge is -2.14. The van der Waals surface area contributed by atoms with Gasteiger partial charge in [0.25, 0.3) is 0 Å². The number of aromatic nitrogens is 2. The Kier molecular flexibility index (Phi) is 8.36. The molecule has 0 radical (unpaired) electrons. The highest BCUT2D eigenvalue weighted by Crippen LogP contribution is 2.38. The maximum atomic E-state index is 5.43. The number of ether oxygens (including phenoxy) is 3. The van der Waals surface area contributed by atoms with Crippen LogP contribution in [0.25, 0.3) is 5.69 Å². The second-order valence-electron chi connectivity index (χ2n) is 7.02. The predicted molar refractivity (Wildman–Crippen MR) is 126 cm³/mol. The summed E-state index contributed by atoms with van der Waals surface area (Å²) < 4.78 is 18.1. The number of nitrogens with zero attached hydrogens (tertiary/aromatic N) is 3. The summed E-state index contributed by atoms with van der Waals surface area (Å²) in [7, 11) is 4.81. The van der Waals surface area contributed by atoms with Crippen molar-refractivity contribution in [2.75, 3.05) is 34.4 Å². The van der Waals surface area contributed by atoms with Crippen LogP contribution in [0.2, 0.25) is 0 Å². The molecule has 0 saturated heterocycles. The zero-order valence-electron chi connectivity index (χ0n) is 19.1. The molecule has 8 heteroatoms. The van der Waals surface area contributed by atoms with Crippen LogP contribution in [0, 0.1) is 0 Å². The second kappa shape index (κ2) is 11.6. The standard InChI is InChI=1S/C24H31N5O3/c1-5-25-24(27-17-19-15-21(30-2)23(32-4)22(16-19)31-3)26-13-11-18-7-9-20(10-8-18)29-14-6-12-28-29/h6-10,12,14-16H,5,11,13,17H2,1-4H3,(H2,25,26,27). The van der Waals surface area contributed by atoms with E-state index in [-0.39, 0.29) is 0 Å². The molecule has 0 fully saturated rings. The van der Waals surface area contributed by atoms with Crippen LogP contribution in [-0.4, -0.2) is 50.2 Å². The van der Waals surface area contributed by atoms with E-state index in [9.17, 15) is 0 Å². The van der Waals surface area contributed by atoms with Crippen molar-refractivity contribution >= 4 is 5.96 Å². The van der Waals surface area contributed by atoms with Gasteiger partial charge in [-0.05, 0) is 54.8 Å². The molecule has 0 bridgehead atoms. The number of hydrogen-bond donors (Lipinski definition) is 2. The van der Waals surface area contributed by atoms with Gasteiger partial charge in [-0.2, -0.15) is 5.10 Å². The van der Waals surface area contributed by atoms with Gasteiger partial charge in [0.15, 0.2) is 17.5 Å². The molecular weight excluding hydrogens is 406 g/mol. The minimum atomic E-state index is 0.477. The van der Waals surface area contributed by atoms with Crippen molar-refractivity contribution in [3.8, 4) is 22.9 Å². The van der Waals surface area contributed by atoms with Crippen LogP contribution >= 0.6 is 0 Å². The molecule has 3 aromatic rings. The number of aliphatic imine (C=N–C) groups is 1. The van der Waals surface area contributed by atoms with Gasteiger partial charge in [-0.3, -0.25) is 0 Å². The Morgan fingerprint density at radius 2 is 1.69 bits per heavy atom. The molecule has 0 spiro atoms. The Morgan fingerprint density at radius 3 is 2.25 bits per heavy atom. The van der Waals surface area contributed by atoms with Crippen molar-refractivity contribution in [2.45, 2.75) is 19.9 Å². The first-order valence-electron chi connectivity index (χ1n) is 10.6. The summed E-state index contributed by atoms with van der Waals surface area (Å²) in [4.78, 5) is 4.70. The zero-order chi connectivity index (χ0) is 22.8. The minimum Gasteiger partial charge on any atom is -0.493 e. The molecule has 0 atom stereocenters. The monoisotopic (exact) mass is 437 g/mol. The largest absolute Gasteiger partial charge is 0.493 e. The first-order valence-corrected chi connectivity index (χ1v) is 10.6. The van der Waals surface area contributed by atoms with Crippen molar-refractivity contribution < 1.29 is 14.2 Å². The van der Waals surface area contributed by atoms with Gasteiger partial charge in [0, 0.05) is 25.5 Å². The summed E-state index contributed by atoms with van der Waals surface area (Å²) >= 11 is 0. The van der Waals surface area contributed by atoms with Crippen LogP contribution in [0.5, 0.6) is 17.2 Å². The normalized spacial score (nSPS) is 11.2. The van der Waals surface area contributed by atoms with E-state index in [2.05, 4.69) is 40.0 Å². The third-order valence-electron chi connectivity index (χ3n) is 4.90. The fraction of sp³-hybridized carbons (Fsp3) is 0.333. The van der Waals surface area contributed by atoms with E-state index >= 15 is 0 Å². The van der Waals surface area contributed by atoms with Gasteiger partial charge in [0.05, 0.1) is 33.6 Å². The van der Waals surface area contributed by atoms with Crippen LogP contribution in [0.3, 0.4) is 0 Å². The van der Waals surface area contributed by atoms with Crippen LogP contribution in [0.4, 0.5) is 0 Å². The summed E-state index contributed by atoms with van der Waals surface area (Å²) in [5, 5.41) is 10.9. The number of rotatable bonds is 10. The maximum Gasteiger partial charge on any atom is 0.203 e. The van der Waals surface area contributed by atoms with E-state index in [0.717, 1.165) is 36.7 Å². The molecule has 0 amide bonds. The number of nitrogens with one attached hydrogen (secondary N) is 2. The topological polar surface area (TPSA) is 81.9 Å². The summed E-state index contributed by atoms with van der Waals surface area (Å²) in [6, 6.07) is 14.1. The van der Waals surface area contributed by atoms with E-state index in [1.54, 1.807) is 27.5 Å². The van der Waals surface area contributed by atoms with Gasteiger partial charge in [0.2, 0.25) is 5.75 Å². The molecule has 0 saturated carbocycles. The molecule has 2 N–H and O–H groups in total. The lowest BCUT2D eigenvalue weighted by molar-refractivity contribution is 0.324. The Hall–Kier alpha value is -3.68. The molecule has 1 aromatic heterocycles. The van der Waals surface area contributed by atoms with Gasteiger partial charge >= 0.3 is 0 Å². The molecule has 0 aliphatic rings. The lowest BCUT2D eigenvalue weighted by atomic mass is 10.1. The molecule has 0 unspecified atom stereocenters. The Labute approximate surface area is 189 Å². The molecule has 8 nitrogen and oxygen atoms in total. The van der Waals surface area contributed by atoms with Gasteiger partial charge in [-0.25, -0.2) is 9.67 Å². The number of hydrogen-bond acceptors (Lipinski definition) is 5. The van der Waals surface area contributed by atoms with E-state index in [4.69, 9.17) is 19.2 Å². The van der Waals surface area contributed by atoms with Crippen molar-refractivity contribution in [3.05, 3.63) is 66.0 Å². The van der Waals surface area contributed by atoms with E-state index in [0.29, 0.717) is 23.8 Å². The quantitative estimate of drug-likeness (QED) is 0.375. The fourth-order valence-electron chi connectivity index (χ4n) is 3.30. The van der Waals surface area contributed by atoms with E-state index in [1.807, 2.05) is 36.0 Å². The highest BCUT2D eigenvalue weighted by atomic mass is 16.5. The maximum absolute atomic E-state index is 5.43. The average molecular weight is 438 g/mol. The van der Waals surface area contributed by atoms with E-state index in [1.165, 1.54) is 5.56 Å². The summed E-state index contributed by atoms with van der Waals surface area (Å²) in [6.45, 7) is 4.07. The van der Waals surface area contributed by atoms with Crippen LogP contribution in [-0.2, 0) is 13.0 Å². The van der Waals surface area contributed by atoms with Crippen molar-refractivity contribution in [1.82, 2.24) is 20.4 Å². The van der Waals surface area contributed by atoms with Gasteiger partial charge in [0.1, 0.15) is 0 Å². The van der Waals surface area contributed by atoms with Crippen molar-refractivity contribution in [2.24, 2.45) is 4.99 Å². The summed E-state index contributed by atoms with van der Waals surface area (Å²) in [6.07, 6.45) is 4.59. The summed E-state index contributed by atoms with van der Waals surface area (Å²) in [5.41, 5.74) is 3.26. The highest BCUT2D eigenvalue weighted by Gasteiger charge is 2.13. The van der Waals surface area contributed by atoms with Gasteiger partial charge < -0.3 is 24.8 Å². The zero-order valence-corrected chi connectivity index (χ0v) is 19.1. The molecule has 2 aromatic carbocycles. The summed E-state index contributed by atoms with van der Waals surface area (Å²) in [5.74, 6) is 2.57. The van der Waals surface area contributed by atoms with E-state index < -0.39 is 0 Å². The molecule has 1 heterocycles. The number of guanidine groups is 1. The number of benzene rings is 2. The fourth-order valence-corrected chi connectivity index (χ4v) is 3.30. The van der Waals surface area contributed by atoms with Crippen LogP contribution < -0.4 is 24.8 Å². The van der Waals surface area contributed by atoms with Crippen LogP contribution in [0.15, 0.2) is 59.9 Å². The first kappa shape index (κ1) is 23.0. The molecule has 0 aliphatic carbocycles. The minimum absolute atomic E-state index is 0.477. The molecular formula is C24H31N5O3. The predicted octanol–water partition coefficient (Wildman–Crippen LogP) is 3.20. The SMILES string of the molecule is CCNC(=NCc1cc(OC)c(OC)c(OC)c1)NCCc1ccc(-n2cccn2)cc1. The molecule has 3 rings (SSSR count). The molecule has 32 heavy (non-hydrogen) atoms. The van der Waals surface area contributed by atoms with Crippen molar-refractivity contribution in [3.63, 3.8) is 0 Å². The van der Waals surface area contributed by atoms with Gasteiger partial charge in [-0.15, -0.1) is 0 Å². The lowest BCUT2D eigenvalue weighted by Crippen LogP contribution is -2.38. The van der Waals surface area contributed by atoms with Crippen LogP contribution in [0.1, 0.15) is 18.1 Å². The Morgan fingerprint density at radius 1 is 0.969 bits per heavy atom. The highest BCUT2D eigenvalue weighted by molar-refractivity contribution is 5.79. The third-order valence-corrected chi connectivity index (χ3v) is 4.90. The van der Waals surface area contributed by atoms with Crippen molar-refractivity contribution in [1.29, 1.82) is 0 Å². The van der Waals surface area contributed by atoms with Gasteiger partial charge in [-0.1, -0.05) is 12.1 Å². The average Bonchev–Trinajstić information content (AvgIpc) is 3.37. The first-order chi connectivity index (χ1) is 15.7. The number of methoxy groups -OCH3 is 3. The molecule has 170 valence electrons.